The maximum Gasteiger partial charge on any atom is 0.115 e. The van der Waals surface area contributed by atoms with E-state index >= 15 is 0 Å². The molecule has 4 nitrogen and oxygen atoms in total. The second kappa shape index (κ2) is 6.20. The van der Waals surface area contributed by atoms with Crippen molar-refractivity contribution in [1.29, 1.82) is 5.26 Å². The molecule has 4 heteroatoms. The Morgan fingerprint density at radius 2 is 1.40 bits per heavy atom. The van der Waals surface area contributed by atoms with Crippen molar-refractivity contribution >= 4 is 0 Å². The van der Waals surface area contributed by atoms with E-state index in [-0.39, 0.29) is 12.2 Å². The number of aliphatic hydroxyl groups excluding tert-OH is 2. The largest absolute Gasteiger partial charge is 0.508 e. The van der Waals surface area contributed by atoms with Crippen LogP contribution in [0.5, 0.6) is 5.75 Å². The molecule has 0 saturated heterocycles. The lowest BCUT2D eigenvalue weighted by Gasteiger charge is -2.15. The van der Waals surface area contributed by atoms with Crippen LogP contribution < -0.4 is 0 Å². The molecule has 0 saturated carbocycles. The lowest BCUT2D eigenvalue weighted by molar-refractivity contribution is 0.0216. The molecule has 2 aromatic rings. The van der Waals surface area contributed by atoms with Crippen LogP contribution in [0.15, 0.2) is 48.5 Å². The van der Waals surface area contributed by atoms with Crippen LogP contribution in [-0.2, 0) is 0 Å². The van der Waals surface area contributed by atoms with Crippen molar-refractivity contribution in [3.8, 4) is 22.9 Å². The third-order valence-corrected chi connectivity index (χ3v) is 3.12. The van der Waals surface area contributed by atoms with Gasteiger partial charge in [-0.05, 0) is 28.8 Å². The van der Waals surface area contributed by atoms with Gasteiger partial charge in [0.1, 0.15) is 11.9 Å². The molecule has 0 heterocycles. The predicted molar refractivity (Wildman–Crippen MR) is 74.7 cm³/mol. The normalized spacial score (nSPS) is 13.4. The van der Waals surface area contributed by atoms with Gasteiger partial charge in [0, 0.05) is 0 Å². The summed E-state index contributed by atoms with van der Waals surface area (Å²) < 4.78 is 0. The number of nitriles is 1. The zero-order valence-electron chi connectivity index (χ0n) is 10.8. The van der Waals surface area contributed by atoms with Crippen molar-refractivity contribution in [3.63, 3.8) is 0 Å². The SMILES string of the molecule is N#CCC(O)C(O)c1ccc(-c2ccc(O)cc2)cc1. The van der Waals surface area contributed by atoms with Crippen molar-refractivity contribution < 1.29 is 15.3 Å². The van der Waals surface area contributed by atoms with Crippen LogP contribution in [0.2, 0.25) is 0 Å². The molecular weight excluding hydrogens is 254 g/mol. The van der Waals surface area contributed by atoms with E-state index in [0.717, 1.165) is 11.1 Å². The number of benzene rings is 2. The van der Waals surface area contributed by atoms with Gasteiger partial charge in [-0.15, -0.1) is 0 Å². The van der Waals surface area contributed by atoms with E-state index < -0.39 is 12.2 Å². The number of aliphatic hydroxyl groups is 2. The van der Waals surface area contributed by atoms with Gasteiger partial charge in [0.05, 0.1) is 18.6 Å². The predicted octanol–water partition coefficient (Wildman–Crippen LogP) is 2.37. The van der Waals surface area contributed by atoms with E-state index in [4.69, 9.17) is 5.26 Å². The first-order chi connectivity index (χ1) is 9.61. The fraction of sp³-hybridized carbons (Fsp3) is 0.188. The maximum atomic E-state index is 9.88. The second-order valence-electron chi connectivity index (χ2n) is 4.54. The Bertz CT molecular complexity index is 599. The van der Waals surface area contributed by atoms with Gasteiger partial charge in [-0.1, -0.05) is 36.4 Å². The molecule has 0 aliphatic heterocycles. The first kappa shape index (κ1) is 14.1. The quantitative estimate of drug-likeness (QED) is 0.795. The summed E-state index contributed by atoms with van der Waals surface area (Å²) in [5, 5.41) is 37.2. The number of hydrogen-bond acceptors (Lipinski definition) is 4. The third kappa shape index (κ3) is 3.15. The highest BCUT2D eigenvalue weighted by Gasteiger charge is 2.17. The standard InChI is InChI=1S/C16H15NO3/c17-10-9-15(19)16(20)13-3-1-11(2-4-13)12-5-7-14(18)8-6-12/h1-8,15-16,18-20H,9H2. The van der Waals surface area contributed by atoms with Gasteiger partial charge in [0.25, 0.3) is 0 Å². The summed E-state index contributed by atoms with van der Waals surface area (Å²) >= 11 is 0. The van der Waals surface area contributed by atoms with E-state index in [1.807, 2.05) is 18.2 Å². The summed E-state index contributed by atoms with van der Waals surface area (Å²) in [5.74, 6) is 0.209. The molecule has 2 aromatic carbocycles. The van der Waals surface area contributed by atoms with Crippen LogP contribution in [0.4, 0.5) is 0 Å². The Balaban J connectivity index is 2.18. The number of aromatic hydroxyl groups is 1. The van der Waals surface area contributed by atoms with Gasteiger partial charge in [-0.3, -0.25) is 0 Å². The molecule has 20 heavy (non-hydrogen) atoms. The zero-order chi connectivity index (χ0) is 14.5. The minimum absolute atomic E-state index is 0.110. The van der Waals surface area contributed by atoms with E-state index in [9.17, 15) is 15.3 Å². The summed E-state index contributed by atoms with van der Waals surface area (Å²) in [6.45, 7) is 0. The summed E-state index contributed by atoms with van der Waals surface area (Å²) in [7, 11) is 0. The van der Waals surface area contributed by atoms with Gasteiger partial charge >= 0.3 is 0 Å². The highest BCUT2D eigenvalue weighted by molar-refractivity contribution is 5.64. The Kier molecular flexibility index (Phi) is 4.36. The van der Waals surface area contributed by atoms with Crippen LogP contribution >= 0.6 is 0 Å². The van der Waals surface area contributed by atoms with E-state index in [2.05, 4.69) is 0 Å². The van der Waals surface area contributed by atoms with Crippen LogP contribution in [0, 0.1) is 11.3 Å². The molecule has 0 radical (unpaired) electrons. The van der Waals surface area contributed by atoms with Crippen LogP contribution in [0.3, 0.4) is 0 Å². The Hall–Kier alpha value is -2.35. The third-order valence-electron chi connectivity index (χ3n) is 3.12. The highest BCUT2D eigenvalue weighted by Crippen LogP contribution is 2.25. The molecule has 0 spiro atoms. The van der Waals surface area contributed by atoms with Crippen molar-refractivity contribution in [1.82, 2.24) is 0 Å². The fourth-order valence-corrected chi connectivity index (χ4v) is 1.95. The molecule has 0 fully saturated rings. The van der Waals surface area contributed by atoms with Gasteiger partial charge in [0.15, 0.2) is 0 Å². The van der Waals surface area contributed by atoms with Crippen molar-refractivity contribution in [2.24, 2.45) is 0 Å². The van der Waals surface area contributed by atoms with Gasteiger partial charge < -0.3 is 15.3 Å². The number of nitrogens with zero attached hydrogens (tertiary/aromatic N) is 1. The molecule has 0 bridgehead atoms. The van der Waals surface area contributed by atoms with E-state index in [1.54, 1.807) is 36.4 Å². The molecule has 0 aromatic heterocycles. The first-order valence-corrected chi connectivity index (χ1v) is 6.24. The molecule has 0 aliphatic rings. The number of hydrogen-bond donors (Lipinski definition) is 3. The van der Waals surface area contributed by atoms with Crippen molar-refractivity contribution in [2.75, 3.05) is 0 Å². The first-order valence-electron chi connectivity index (χ1n) is 6.24. The van der Waals surface area contributed by atoms with E-state index in [0.29, 0.717) is 5.56 Å². The average molecular weight is 269 g/mol. The maximum absolute atomic E-state index is 9.88. The molecular formula is C16H15NO3. The summed E-state index contributed by atoms with van der Waals surface area (Å²) in [6.07, 6.45) is -2.26. The molecule has 2 atom stereocenters. The lowest BCUT2D eigenvalue weighted by Crippen LogP contribution is -2.17. The van der Waals surface area contributed by atoms with Gasteiger partial charge in [-0.25, -0.2) is 0 Å². The summed E-state index contributed by atoms with van der Waals surface area (Å²) in [4.78, 5) is 0. The minimum atomic E-state index is -1.08. The molecule has 0 amide bonds. The molecule has 2 rings (SSSR count). The average Bonchev–Trinajstić information content (AvgIpc) is 2.48. The smallest absolute Gasteiger partial charge is 0.115 e. The summed E-state index contributed by atoms with van der Waals surface area (Å²) in [6, 6.07) is 15.7. The van der Waals surface area contributed by atoms with Crippen LogP contribution in [0.1, 0.15) is 18.1 Å². The molecule has 2 unspecified atom stereocenters. The van der Waals surface area contributed by atoms with Crippen LogP contribution in [0.25, 0.3) is 11.1 Å². The monoisotopic (exact) mass is 269 g/mol. The number of rotatable bonds is 4. The topological polar surface area (TPSA) is 84.5 Å². The molecule has 3 N–H and O–H groups in total. The Morgan fingerprint density at radius 3 is 1.90 bits per heavy atom. The Morgan fingerprint density at radius 1 is 0.900 bits per heavy atom. The fourth-order valence-electron chi connectivity index (χ4n) is 1.95. The number of phenolic OH excluding ortho intramolecular Hbond substituents is 1. The van der Waals surface area contributed by atoms with E-state index in [1.165, 1.54) is 0 Å². The highest BCUT2D eigenvalue weighted by atomic mass is 16.3. The van der Waals surface area contributed by atoms with Crippen molar-refractivity contribution in [3.05, 3.63) is 54.1 Å². The Labute approximate surface area is 117 Å². The van der Waals surface area contributed by atoms with Crippen LogP contribution in [-0.4, -0.2) is 21.4 Å². The minimum Gasteiger partial charge on any atom is -0.508 e. The van der Waals surface area contributed by atoms with Gasteiger partial charge in [0.2, 0.25) is 0 Å². The second-order valence-corrected chi connectivity index (χ2v) is 4.54. The molecule has 0 aliphatic carbocycles. The number of phenols is 1. The zero-order valence-corrected chi connectivity index (χ0v) is 10.8. The summed E-state index contributed by atoms with van der Waals surface area (Å²) in [5.41, 5.74) is 2.45. The van der Waals surface area contributed by atoms with Gasteiger partial charge in [-0.2, -0.15) is 5.26 Å². The van der Waals surface area contributed by atoms with Crippen molar-refractivity contribution in [2.45, 2.75) is 18.6 Å². The lowest BCUT2D eigenvalue weighted by atomic mass is 9.99. The molecule has 102 valence electrons.